The van der Waals surface area contributed by atoms with E-state index in [0.717, 1.165) is 63.2 Å². The van der Waals surface area contributed by atoms with E-state index in [2.05, 4.69) is 49.1 Å². The summed E-state index contributed by atoms with van der Waals surface area (Å²) in [6.07, 6.45) is 12.9. The molecule has 0 saturated carbocycles. The Morgan fingerprint density at radius 1 is 1.12 bits per heavy atom. The van der Waals surface area contributed by atoms with Crippen molar-refractivity contribution in [1.29, 1.82) is 0 Å². The van der Waals surface area contributed by atoms with Gasteiger partial charge in [-0.3, -0.25) is 0 Å². The first kappa shape index (κ1) is 25.7. The predicted molar refractivity (Wildman–Crippen MR) is 148 cm³/mol. The van der Waals surface area contributed by atoms with Crippen molar-refractivity contribution >= 4 is 34.7 Å². The van der Waals surface area contributed by atoms with Gasteiger partial charge in [-0.15, -0.1) is 0 Å². The van der Waals surface area contributed by atoms with Crippen LogP contribution in [0.1, 0.15) is 56.0 Å². The molecule has 0 unspecified atom stereocenters. The molecule has 3 heteroatoms. The zero-order chi connectivity index (χ0) is 24.7. The zero-order valence-corrected chi connectivity index (χ0v) is 21.4. The first-order chi connectivity index (χ1) is 16.2. The number of aromatic nitrogens is 1. The van der Waals surface area contributed by atoms with Gasteiger partial charge in [0.1, 0.15) is 0 Å². The summed E-state index contributed by atoms with van der Waals surface area (Å²) in [6, 6.07) is 16.6. The van der Waals surface area contributed by atoms with Gasteiger partial charge in [-0.2, -0.15) is 0 Å². The number of aryl methyl sites for hydroxylation is 2. The summed E-state index contributed by atoms with van der Waals surface area (Å²) in [7, 11) is 0. The molecule has 0 aliphatic rings. The van der Waals surface area contributed by atoms with Gasteiger partial charge in [-0.25, -0.2) is 4.98 Å². The molecule has 2 nitrogen and oxygen atoms in total. The molecule has 1 aromatic heterocycles. The molecule has 0 amide bonds. The van der Waals surface area contributed by atoms with Crippen molar-refractivity contribution in [3.05, 3.63) is 112 Å². The maximum absolute atomic E-state index is 10.5. The third-order valence-corrected chi connectivity index (χ3v) is 6.37. The van der Waals surface area contributed by atoms with E-state index < -0.39 is 5.60 Å². The maximum atomic E-state index is 10.5. The van der Waals surface area contributed by atoms with Gasteiger partial charge in [0, 0.05) is 10.4 Å². The molecular formula is C31H34ClNO. The first-order valence-corrected chi connectivity index (χ1v) is 12.1. The Hall–Kier alpha value is -2.94. The van der Waals surface area contributed by atoms with Crippen LogP contribution >= 0.6 is 11.6 Å². The molecular weight excluding hydrogens is 438 g/mol. The number of hydrogen-bond acceptors (Lipinski definition) is 2. The van der Waals surface area contributed by atoms with Gasteiger partial charge in [0.05, 0.1) is 16.8 Å². The summed E-state index contributed by atoms with van der Waals surface area (Å²) < 4.78 is 0. The number of benzene rings is 2. The Labute approximate surface area is 209 Å². The van der Waals surface area contributed by atoms with Crippen molar-refractivity contribution in [2.45, 2.75) is 52.6 Å². The molecule has 0 aliphatic heterocycles. The molecule has 34 heavy (non-hydrogen) atoms. The molecule has 0 fully saturated rings. The molecule has 3 rings (SSSR count). The lowest BCUT2D eigenvalue weighted by atomic mass is 9.90. The van der Waals surface area contributed by atoms with Gasteiger partial charge in [-0.1, -0.05) is 78.9 Å². The number of nitrogens with zero attached hydrogens (tertiary/aromatic N) is 1. The standard InChI is InChI=1S/C31H34ClNO/c1-6-10-25(28(7-2)31(4,5)34)14-9-13-23-11-8-12-24(21-23)15-18-27-19-16-26-17-20-29(32)22(3)30(26)33-27/h6-8,10-12,15-21,34H,2,9,13-14H2,1,3-5H3/b10-6-,18-15+,28-25-. The minimum absolute atomic E-state index is 0.740. The van der Waals surface area contributed by atoms with E-state index in [0.29, 0.717) is 0 Å². The molecule has 0 bridgehead atoms. The summed E-state index contributed by atoms with van der Waals surface area (Å²) in [5.74, 6) is 0. The van der Waals surface area contributed by atoms with Crippen LogP contribution in [-0.2, 0) is 6.42 Å². The van der Waals surface area contributed by atoms with E-state index in [4.69, 9.17) is 16.6 Å². The van der Waals surface area contributed by atoms with Crippen molar-refractivity contribution in [2.24, 2.45) is 0 Å². The molecule has 0 saturated heterocycles. The van der Waals surface area contributed by atoms with Crippen molar-refractivity contribution in [3.8, 4) is 0 Å². The number of aliphatic hydroxyl groups is 1. The average Bonchev–Trinajstić information content (AvgIpc) is 2.80. The van der Waals surface area contributed by atoms with Crippen LogP contribution < -0.4 is 0 Å². The van der Waals surface area contributed by atoms with Gasteiger partial charge in [-0.05, 0) is 93.0 Å². The number of fused-ring (bicyclic) bond motifs is 1. The second-order valence-corrected chi connectivity index (χ2v) is 9.52. The van der Waals surface area contributed by atoms with Crippen LogP contribution in [0, 0.1) is 6.92 Å². The average molecular weight is 472 g/mol. The highest BCUT2D eigenvalue weighted by atomic mass is 35.5. The lowest BCUT2D eigenvalue weighted by Gasteiger charge is -2.22. The summed E-state index contributed by atoms with van der Waals surface area (Å²) >= 11 is 6.27. The summed E-state index contributed by atoms with van der Waals surface area (Å²) in [5, 5.41) is 12.3. The Morgan fingerprint density at radius 3 is 2.59 bits per heavy atom. The Kier molecular flexibility index (Phi) is 8.66. The second kappa shape index (κ2) is 11.5. The monoisotopic (exact) mass is 471 g/mol. The predicted octanol–water partition coefficient (Wildman–Crippen LogP) is 8.52. The van der Waals surface area contributed by atoms with Crippen molar-refractivity contribution in [3.63, 3.8) is 0 Å². The molecule has 0 atom stereocenters. The number of rotatable bonds is 9. The highest BCUT2D eigenvalue weighted by Crippen LogP contribution is 2.26. The minimum atomic E-state index is -0.901. The van der Waals surface area contributed by atoms with Crippen LogP contribution in [0.3, 0.4) is 0 Å². The normalized spacial score (nSPS) is 13.1. The molecule has 2 aromatic carbocycles. The van der Waals surface area contributed by atoms with E-state index in [9.17, 15) is 5.11 Å². The van der Waals surface area contributed by atoms with Crippen molar-refractivity contribution in [1.82, 2.24) is 4.98 Å². The lowest BCUT2D eigenvalue weighted by molar-refractivity contribution is 0.122. The minimum Gasteiger partial charge on any atom is -0.386 e. The summed E-state index contributed by atoms with van der Waals surface area (Å²) in [4.78, 5) is 4.79. The molecule has 3 aromatic rings. The van der Waals surface area contributed by atoms with Gasteiger partial charge in [0.2, 0.25) is 0 Å². The number of hydrogen-bond donors (Lipinski definition) is 1. The molecule has 0 radical (unpaired) electrons. The van der Waals surface area contributed by atoms with Gasteiger partial charge >= 0.3 is 0 Å². The maximum Gasteiger partial charge on any atom is 0.0842 e. The topological polar surface area (TPSA) is 33.1 Å². The zero-order valence-electron chi connectivity index (χ0n) is 20.6. The van der Waals surface area contributed by atoms with E-state index in [1.165, 1.54) is 5.56 Å². The highest BCUT2D eigenvalue weighted by Gasteiger charge is 2.19. The summed E-state index contributed by atoms with van der Waals surface area (Å²) in [6.45, 7) is 11.5. The molecule has 0 spiro atoms. The fourth-order valence-electron chi connectivity index (χ4n) is 4.21. The van der Waals surface area contributed by atoms with E-state index in [1.807, 2.05) is 58.0 Å². The summed E-state index contributed by atoms with van der Waals surface area (Å²) in [5.41, 5.74) is 6.43. The Balaban J connectivity index is 1.72. The van der Waals surface area contributed by atoms with Gasteiger partial charge in [0.15, 0.2) is 0 Å². The Morgan fingerprint density at radius 2 is 1.88 bits per heavy atom. The van der Waals surface area contributed by atoms with Crippen LogP contribution in [0.5, 0.6) is 0 Å². The largest absolute Gasteiger partial charge is 0.386 e. The molecule has 0 aliphatic carbocycles. The van der Waals surface area contributed by atoms with Crippen molar-refractivity contribution in [2.75, 3.05) is 0 Å². The van der Waals surface area contributed by atoms with E-state index >= 15 is 0 Å². The Bertz CT molecular complexity index is 1260. The van der Waals surface area contributed by atoms with Crippen LogP contribution in [-0.4, -0.2) is 15.7 Å². The first-order valence-electron chi connectivity index (χ1n) is 11.8. The third kappa shape index (κ3) is 6.56. The van der Waals surface area contributed by atoms with Crippen molar-refractivity contribution < 1.29 is 5.11 Å². The molecule has 1 heterocycles. The number of allylic oxidation sites excluding steroid dienone is 3. The SMILES string of the molecule is C=C/C(=C(\C=C/C)CCCc1cccc(/C=C/c2ccc3ccc(Cl)c(C)c3n2)c1)C(C)(C)O. The van der Waals surface area contributed by atoms with Crippen LogP contribution in [0.4, 0.5) is 0 Å². The smallest absolute Gasteiger partial charge is 0.0842 e. The number of halogens is 1. The van der Waals surface area contributed by atoms with Crippen LogP contribution in [0.25, 0.3) is 23.1 Å². The van der Waals surface area contributed by atoms with E-state index in [-0.39, 0.29) is 0 Å². The second-order valence-electron chi connectivity index (χ2n) is 9.11. The van der Waals surface area contributed by atoms with Crippen LogP contribution in [0.15, 0.2) is 84.5 Å². The van der Waals surface area contributed by atoms with Crippen LogP contribution in [0.2, 0.25) is 5.02 Å². The van der Waals surface area contributed by atoms with E-state index in [1.54, 1.807) is 6.08 Å². The third-order valence-electron chi connectivity index (χ3n) is 5.96. The lowest BCUT2D eigenvalue weighted by Crippen LogP contribution is -2.22. The fourth-order valence-corrected chi connectivity index (χ4v) is 4.37. The molecule has 1 N–H and O–H groups in total. The number of pyridine rings is 1. The fraction of sp³-hybridized carbons (Fsp3) is 0.258. The van der Waals surface area contributed by atoms with Gasteiger partial charge in [0.25, 0.3) is 0 Å². The quantitative estimate of drug-likeness (QED) is 0.317. The van der Waals surface area contributed by atoms with Gasteiger partial charge < -0.3 is 5.11 Å². The highest BCUT2D eigenvalue weighted by molar-refractivity contribution is 6.32. The molecule has 176 valence electrons.